The Bertz CT molecular complexity index is 921. The van der Waals surface area contributed by atoms with E-state index in [9.17, 15) is 13.2 Å². The fraction of sp³-hybridized carbons (Fsp3) is 0.353. The maximum atomic E-state index is 12.6. The molecule has 0 atom stereocenters. The Morgan fingerprint density at radius 3 is 2.54 bits per heavy atom. The zero-order valence-corrected chi connectivity index (χ0v) is 17.9. The molecular weight excluding hydrogens is 462 g/mol. The van der Waals surface area contributed by atoms with Crippen molar-refractivity contribution in [1.29, 1.82) is 0 Å². The van der Waals surface area contributed by atoms with Crippen molar-refractivity contribution in [3.63, 3.8) is 0 Å². The average molecular weight is 479 g/mol. The maximum absolute atomic E-state index is 12.6. The first kappa shape index (κ1) is 19.8. The van der Waals surface area contributed by atoms with Crippen molar-refractivity contribution in [2.45, 2.75) is 24.0 Å². The second-order valence-corrected chi connectivity index (χ2v) is 11.1. The molecule has 0 aliphatic carbocycles. The summed E-state index contributed by atoms with van der Waals surface area (Å²) in [4.78, 5) is 12.4. The minimum Gasteiger partial charge on any atom is -0.426 e. The first-order valence-corrected chi connectivity index (χ1v) is 11.4. The second kappa shape index (κ2) is 7.98. The fourth-order valence-electron chi connectivity index (χ4n) is 2.81. The second-order valence-electron chi connectivity index (χ2n) is 6.07. The summed E-state index contributed by atoms with van der Waals surface area (Å²) in [6.45, 7) is 2.43. The average Bonchev–Trinajstić information content (AvgIpc) is 3.05. The van der Waals surface area contributed by atoms with Gasteiger partial charge in [0, 0.05) is 18.1 Å². The van der Waals surface area contributed by atoms with Crippen molar-refractivity contribution in [3.05, 3.63) is 44.7 Å². The third-order valence-corrected chi connectivity index (χ3v) is 8.50. The third-order valence-electron chi connectivity index (χ3n) is 4.28. The Hall–Kier alpha value is -0.930. The molecule has 2 aromatic rings. The number of ether oxygens (including phenoxy) is 1. The molecule has 0 spiro atoms. The SMILES string of the molecule is Cc1cc(Cl)ccc1OC(=O)C1CCN(S(=O)(=O)c2ccc(Br)s2)CC1. The summed E-state index contributed by atoms with van der Waals surface area (Å²) in [5.74, 6) is -0.157. The molecule has 0 radical (unpaired) electrons. The largest absolute Gasteiger partial charge is 0.426 e. The molecule has 0 N–H and O–H groups in total. The Morgan fingerprint density at radius 1 is 1.27 bits per heavy atom. The molecule has 1 fully saturated rings. The zero-order chi connectivity index (χ0) is 18.9. The van der Waals surface area contributed by atoms with Crippen molar-refractivity contribution >= 4 is 54.9 Å². The lowest BCUT2D eigenvalue weighted by atomic mass is 9.98. The topological polar surface area (TPSA) is 63.7 Å². The number of hydrogen-bond acceptors (Lipinski definition) is 5. The number of carbonyl (C=O) groups excluding carboxylic acids is 1. The molecule has 9 heteroatoms. The summed E-state index contributed by atoms with van der Waals surface area (Å²) in [7, 11) is -3.51. The van der Waals surface area contributed by atoms with Gasteiger partial charge in [-0.3, -0.25) is 4.79 Å². The van der Waals surface area contributed by atoms with Crippen LogP contribution in [0.4, 0.5) is 0 Å². The van der Waals surface area contributed by atoms with Crippen LogP contribution < -0.4 is 4.74 Å². The highest BCUT2D eigenvalue weighted by molar-refractivity contribution is 9.11. The van der Waals surface area contributed by atoms with E-state index in [1.54, 1.807) is 30.3 Å². The number of hydrogen-bond donors (Lipinski definition) is 0. The first-order chi connectivity index (χ1) is 12.3. The normalized spacial score (nSPS) is 16.6. The molecule has 0 unspecified atom stereocenters. The number of aryl methyl sites for hydroxylation is 1. The quantitative estimate of drug-likeness (QED) is 0.480. The number of rotatable bonds is 4. The summed E-state index contributed by atoms with van der Waals surface area (Å²) in [6, 6.07) is 8.39. The molecule has 26 heavy (non-hydrogen) atoms. The number of halogens is 2. The van der Waals surface area contributed by atoms with Crippen LogP contribution in [0.25, 0.3) is 0 Å². The molecule has 0 amide bonds. The highest BCUT2D eigenvalue weighted by Gasteiger charge is 2.33. The molecular formula is C17H17BrClNO4S2. The van der Waals surface area contributed by atoms with Gasteiger partial charge in [-0.1, -0.05) is 11.6 Å². The number of sulfonamides is 1. The van der Waals surface area contributed by atoms with Gasteiger partial charge in [0.25, 0.3) is 10.0 Å². The van der Waals surface area contributed by atoms with Gasteiger partial charge in [0.1, 0.15) is 9.96 Å². The van der Waals surface area contributed by atoms with Crippen LogP contribution >= 0.6 is 38.9 Å². The summed E-state index contributed by atoms with van der Waals surface area (Å²) in [5, 5.41) is 0.584. The predicted octanol–water partition coefficient (Wildman–Crippen LogP) is 4.48. The van der Waals surface area contributed by atoms with Crippen LogP contribution in [0.5, 0.6) is 5.75 Å². The summed E-state index contributed by atoms with van der Waals surface area (Å²) < 4.78 is 33.3. The van der Waals surface area contributed by atoms with Gasteiger partial charge in [-0.25, -0.2) is 8.42 Å². The van der Waals surface area contributed by atoms with E-state index in [-0.39, 0.29) is 11.9 Å². The molecule has 1 aliphatic heterocycles. The van der Waals surface area contributed by atoms with E-state index in [0.29, 0.717) is 40.9 Å². The van der Waals surface area contributed by atoms with Crippen LogP contribution in [-0.2, 0) is 14.8 Å². The smallest absolute Gasteiger partial charge is 0.314 e. The number of carbonyl (C=O) groups is 1. The van der Waals surface area contributed by atoms with Gasteiger partial charge in [0.15, 0.2) is 0 Å². The summed E-state index contributed by atoms with van der Waals surface area (Å²) in [6.07, 6.45) is 0.883. The monoisotopic (exact) mass is 477 g/mol. The lowest BCUT2D eigenvalue weighted by Crippen LogP contribution is -2.40. The van der Waals surface area contributed by atoms with Gasteiger partial charge in [0.2, 0.25) is 0 Å². The van der Waals surface area contributed by atoms with Crippen molar-refractivity contribution in [1.82, 2.24) is 4.31 Å². The minimum absolute atomic E-state index is 0.303. The molecule has 1 saturated heterocycles. The van der Waals surface area contributed by atoms with E-state index in [4.69, 9.17) is 16.3 Å². The number of piperidine rings is 1. The van der Waals surface area contributed by atoms with Crippen LogP contribution in [0.1, 0.15) is 18.4 Å². The van der Waals surface area contributed by atoms with Gasteiger partial charge in [-0.15, -0.1) is 11.3 Å². The predicted molar refractivity (Wildman–Crippen MR) is 105 cm³/mol. The molecule has 1 aromatic carbocycles. The molecule has 3 rings (SSSR count). The first-order valence-electron chi connectivity index (χ1n) is 8.00. The Kier molecular flexibility index (Phi) is 6.08. The Balaban J connectivity index is 1.62. The summed E-state index contributed by atoms with van der Waals surface area (Å²) >= 11 is 10.4. The van der Waals surface area contributed by atoms with Crippen LogP contribution in [-0.4, -0.2) is 31.8 Å². The highest BCUT2D eigenvalue weighted by Crippen LogP contribution is 2.31. The molecule has 140 valence electrons. The Labute approximate surface area is 170 Å². The van der Waals surface area contributed by atoms with Gasteiger partial charge in [0.05, 0.1) is 9.70 Å². The van der Waals surface area contributed by atoms with Crippen molar-refractivity contribution < 1.29 is 17.9 Å². The van der Waals surface area contributed by atoms with E-state index in [0.717, 1.165) is 9.35 Å². The lowest BCUT2D eigenvalue weighted by Gasteiger charge is -2.29. The van der Waals surface area contributed by atoms with Gasteiger partial charge in [-0.05, 0) is 71.6 Å². The van der Waals surface area contributed by atoms with Crippen molar-refractivity contribution in [2.24, 2.45) is 5.92 Å². The fourth-order valence-corrected chi connectivity index (χ4v) is 6.68. The zero-order valence-electron chi connectivity index (χ0n) is 13.9. The number of thiophene rings is 1. The minimum atomic E-state index is -3.51. The molecule has 1 aromatic heterocycles. The molecule has 1 aliphatic rings. The van der Waals surface area contributed by atoms with Crippen LogP contribution in [0.15, 0.2) is 38.3 Å². The molecule has 0 bridgehead atoms. The van der Waals surface area contributed by atoms with Gasteiger partial charge in [-0.2, -0.15) is 4.31 Å². The van der Waals surface area contributed by atoms with E-state index >= 15 is 0 Å². The van der Waals surface area contributed by atoms with Crippen molar-refractivity contribution in [3.8, 4) is 5.75 Å². The molecule has 5 nitrogen and oxygen atoms in total. The van der Waals surface area contributed by atoms with Gasteiger partial charge < -0.3 is 4.74 Å². The Morgan fingerprint density at radius 2 is 1.96 bits per heavy atom. The van der Waals surface area contributed by atoms with Crippen LogP contribution in [0, 0.1) is 12.8 Å². The van der Waals surface area contributed by atoms with Crippen molar-refractivity contribution in [2.75, 3.05) is 13.1 Å². The third kappa shape index (κ3) is 4.31. The number of benzene rings is 1. The van der Waals surface area contributed by atoms with E-state index < -0.39 is 10.0 Å². The van der Waals surface area contributed by atoms with Crippen LogP contribution in [0.2, 0.25) is 5.02 Å². The molecule has 0 saturated carbocycles. The summed E-state index contributed by atoms with van der Waals surface area (Å²) in [5.41, 5.74) is 0.786. The number of nitrogens with zero attached hydrogens (tertiary/aromatic N) is 1. The maximum Gasteiger partial charge on any atom is 0.314 e. The van der Waals surface area contributed by atoms with E-state index in [2.05, 4.69) is 15.9 Å². The lowest BCUT2D eigenvalue weighted by molar-refractivity contribution is -0.140. The molecule has 2 heterocycles. The van der Waals surface area contributed by atoms with Gasteiger partial charge >= 0.3 is 5.97 Å². The van der Waals surface area contributed by atoms with E-state index in [1.165, 1.54) is 15.6 Å². The van der Waals surface area contributed by atoms with E-state index in [1.807, 2.05) is 6.92 Å². The van der Waals surface area contributed by atoms with Crippen LogP contribution in [0.3, 0.4) is 0 Å². The number of esters is 1. The standard InChI is InChI=1S/C17H17BrClNO4S2/c1-11-10-13(19)2-3-14(11)24-17(21)12-6-8-20(9-7-12)26(22,23)16-5-4-15(18)25-16/h2-5,10,12H,6-9H2,1H3. The highest BCUT2D eigenvalue weighted by atomic mass is 79.9.